The number of fused-ring (bicyclic) bond motifs is 1. The maximum atomic E-state index is 2.36. The molecule has 0 fully saturated rings. The molecule has 0 spiro atoms. The highest BCUT2D eigenvalue weighted by Gasteiger charge is 2.25. The normalized spacial score (nSPS) is 18.6. The van der Waals surface area contributed by atoms with Gasteiger partial charge in [0.2, 0.25) is 0 Å². The van der Waals surface area contributed by atoms with E-state index in [0.29, 0.717) is 0 Å². The van der Waals surface area contributed by atoms with Crippen LogP contribution in [-0.4, -0.2) is 4.57 Å². The molecular formula is C26H25N. The molecule has 134 valence electrons. The summed E-state index contributed by atoms with van der Waals surface area (Å²) in [6.07, 6.45) is 13.5. The second-order valence-corrected chi connectivity index (χ2v) is 7.30. The Morgan fingerprint density at radius 1 is 0.852 bits per heavy atom. The molecule has 1 heterocycles. The number of nitrogens with zero attached hydrogens (tertiary/aromatic N) is 1. The zero-order valence-electron chi connectivity index (χ0n) is 16.2. The minimum absolute atomic E-state index is 0.116. The average Bonchev–Trinajstić information content (AvgIpc) is 2.85. The lowest BCUT2D eigenvalue weighted by Crippen LogP contribution is -2.14. The first-order chi connectivity index (χ1) is 13.1. The summed E-state index contributed by atoms with van der Waals surface area (Å²) in [4.78, 5) is 0. The van der Waals surface area contributed by atoms with Crippen molar-refractivity contribution in [1.82, 2.24) is 4.57 Å². The third kappa shape index (κ3) is 3.00. The van der Waals surface area contributed by atoms with Gasteiger partial charge in [0.15, 0.2) is 0 Å². The van der Waals surface area contributed by atoms with Crippen molar-refractivity contribution in [1.29, 1.82) is 0 Å². The zero-order valence-corrected chi connectivity index (χ0v) is 16.2. The third-order valence-electron chi connectivity index (χ3n) is 5.46. The van der Waals surface area contributed by atoms with Crippen LogP contribution in [0.3, 0.4) is 0 Å². The number of hydrogen-bond donors (Lipinski definition) is 0. The van der Waals surface area contributed by atoms with Crippen LogP contribution < -0.4 is 0 Å². The Labute approximate surface area is 162 Å². The van der Waals surface area contributed by atoms with Gasteiger partial charge in [-0.3, -0.25) is 0 Å². The number of benzene rings is 2. The quantitative estimate of drug-likeness (QED) is 0.488. The number of rotatable bonds is 3. The van der Waals surface area contributed by atoms with E-state index in [2.05, 4.69) is 122 Å². The second kappa shape index (κ2) is 6.92. The van der Waals surface area contributed by atoms with E-state index in [1.165, 1.54) is 33.8 Å². The molecule has 4 rings (SSSR count). The molecule has 0 saturated heterocycles. The van der Waals surface area contributed by atoms with E-state index in [4.69, 9.17) is 0 Å². The van der Waals surface area contributed by atoms with Crippen LogP contribution in [-0.2, 0) is 5.41 Å². The summed E-state index contributed by atoms with van der Waals surface area (Å²) in [5.74, 6) is 0. The van der Waals surface area contributed by atoms with Crippen molar-refractivity contribution in [3.05, 3.63) is 107 Å². The lowest BCUT2D eigenvalue weighted by atomic mass is 9.82. The number of allylic oxidation sites excluding steroid dienone is 3. The van der Waals surface area contributed by atoms with Gasteiger partial charge in [-0.25, -0.2) is 0 Å². The highest BCUT2D eigenvalue weighted by Crippen LogP contribution is 2.36. The Morgan fingerprint density at radius 3 is 2.15 bits per heavy atom. The summed E-state index contributed by atoms with van der Waals surface area (Å²) in [5.41, 5.74) is 7.47. The third-order valence-corrected chi connectivity index (χ3v) is 5.46. The van der Waals surface area contributed by atoms with Crippen molar-refractivity contribution in [3.63, 3.8) is 0 Å². The SMILES string of the molecule is C/C=C\c1c(C)c2c(n1-c1ccccc1)C=CC(C)(c1ccccc1)C=C2. The van der Waals surface area contributed by atoms with E-state index >= 15 is 0 Å². The Kier molecular flexibility index (Phi) is 4.45. The predicted molar refractivity (Wildman–Crippen MR) is 117 cm³/mol. The van der Waals surface area contributed by atoms with Gasteiger partial charge in [-0.1, -0.05) is 72.8 Å². The van der Waals surface area contributed by atoms with E-state index < -0.39 is 0 Å². The summed E-state index contributed by atoms with van der Waals surface area (Å²) < 4.78 is 2.36. The molecule has 27 heavy (non-hydrogen) atoms. The fourth-order valence-corrected chi connectivity index (χ4v) is 3.89. The number of para-hydroxylation sites is 1. The molecule has 0 radical (unpaired) electrons. The van der Waals surface area contributed by atoms with Gasteiger partial charge in [-0.05, 0) is 56.2 Å². The van der Waals surface area contributed by atoms with Crippen molar-refractivity contribution in [2.24, 2.45) is 0 Å². The molecule has 1 nitrogen and oxygen atoms in total. The Bertz CT molecular complexity index is 1030. The summed E-state index contributed by atoms with van der Waals surface area (Å²) in [7, 11) is 0. The van der Waals surface area contributed by atoms with Crippen LogP contribution in [0.2, 0.25) is 0 Å². The molecule has 0 amide bonds. The van der Waals surface area contributed by atoms with Crippen LogP contribution in [0.25, 0.3) is 23.9 Å². The van der Waals surface area contributed by atoms with Crippen molar-refractivity contribution < 1.29 is 0 Å². The topological polar surface area (TPSA) is 4.93 Å². The average molecular weight is 351 g/mol. The largest absolute Gasteiger partial charge is 0.310 e. The van der Waals surface area contributed by atoms with Crippen LogP contribution in [0.1, 0.15) is 41.9 Å². The van der Waals surface area contributed by atoms with Gasteiger partial charge < -0.3 is 4.57 Å². The van der Waals surface area contributed by atoms with Crippen LogP contribution in [0.15, 0.2) is 78.9 Å². The van der Waals surface area contributed by atoms with E-state index in [9.17, 15) is 0 Å². The van der Waals surface area contributed by atoms with Gasteiger partial charge in [-0.2, -0.15) is 0 Å². The Hall–Kier alpha value is -3.06. The van der Waals surface area contributed by atoms with Crippen molar-refractivity contribution >= 4 is 18.2 Å². The number of aromatic nitrogens is 1. The van der Waals surface area contributed by atoms with Crippen LogP contribution in [0.5, 0.6) is 0 Å². The highest BCUT2D eigenvalue weighted by atomic mass is 15.0. The first kappa shape index (κ1) is 17.4. The van der Waals surface area contributed by atoms with Gasteiger partial charge in [0.05, 0.1) is 5.69 Å². The monoisotopic (exact) mass is 351 g/mol. The molecule has 3 aromatic rings. The fourth-order valence-electron chi connectivity index (χ4n) is 3.89. The van der Waals surface area contributed by atoms with Crippen LogP contribution >= 0.6 is 0 Å². The Balaban J connectivity index is 1.93. The molecule has 1 atom stereocenters. The molecule has 0 bridgehead atoms. The van der Waals surface area contributed by atoms with Crippen LogP contribution in [0.4, 0.5) is 0 Å². The molecule has 1 aromatic heterocycles. The van der Waals surface area contributed by atoms with Gasteiger partial charge in [0.1, 0.15) is 0 Å². The standard InChI is InChI=1S/C26H25N/c1-4-11-24-20(2)23-16-18-26(3,21-12-7-5-8-13-21)19-17-25(23)27(24)22-14-9-6-10-15-22/h4-19H,1-3H3/b11-4-. The zero-order chi connectivity index (χ0) is 18.9. The maximum Gasteiger partial charge on any atom is 0.0534 e. The Morgan fingerprint density at radius 2 is 1.48 bits per heavy atom. The lowest BCUT2D eigenvalue weighted by molar-refractivity contribution is 0.766. The van der Waals surface area contributed by atoms with Crippen molar-refractivity contribution in [2.75, 3.05) is 0 Å². The van der Waals surface area contributed by atoms with Crippen LogP contribution in [0, 0.1) is 6.92 Å². The van der Waals surface area contributed by atoms with Gasteiger partial charge in [0.25, 0.3) is 0 Å². The van der Waals surface area contributed by atoms with Gasteiger partial charge in [-0.15, -0.1) is 0 Å². The van der Waals surface area contributed by atoms with E-state index in [1.807, 2.05) is 0 Å². The lowest BCUT2D eigenvalue weighted by Gasteiger charge is -2.22. The minimum atomic E-state index is -0.116. The summed E-state index contributed by atoms with van der Waals surface area (Å²) in [5, 5.41) is 0. The smallest absolute Gasteiger partial charge is 0.0534 e. The number of hydrogen-bond acceptors (Lipinski definition) is 0. The van der Waals surface area contributed by atoms with Crippen molar-refractivity contribution in [2.45, 2.75) is 26.2 Å². The molecule has 1 aliphatic rings. The van der Waals surface area contributed by atoms with E-state index in [0.717, 1.165) is 0 Å². The molecule has 2 aromatic carbocycles. The molecule has 0 saturated carbocycles. The first-order valence-corrected chi connectivity index (χ1v) is 9.51. The molecule has 0 aliphatic heterocycles. The second-order valence-electron chi connectivity index (χ2n) is 7.30. The highest BCUT2D eigenvalue weighted by molar-refractivity contribution is 5.77. The minimum Gasteiger partial charge on any atom is -0.310 e. The fraction of sp³-hybridized carbons (Fsp3) is 0.154. The summed E-state index contributed by atoms with van der Waals surface area (Å²) in [6, 6.07) is 21.3. The maximum absolute atomic E-state index is 2.36. The van der Waals surface area contributed by atoms with E-state index in [1.54, 1.807) is 0 Å². The molecule has 1 aliphatic carbocycles. The molecular weight excluding hydrogens is 326 g/mol. The molecule has 1 heteroatoms. The summed E-state index contributed by atoms with van der Waals surface area (Å²) >= 11 is 0. The van der Waals surface area contributed by atoms with E-state index in [-0.39, 0.29) is 5.41 Å². The molecule has 0 N–H and O–H groups in total. The first-order valence-electron chi connectivity index (χ1n) is 9.51. The van der Waals surface area contributed by atoms with Crippen molar-refractivity contribution in [3.8, 4) is 5.69 Å². The summed E-state index contributed by atoms with van der Waals surface area (Å²) in [6.45, 7) is 6.57. The molecule has 1 unspecified atom stereocenters. The van der Waals surface area contributed by atoms with Gasteiger partial charge in [0, 0.05) is 22.4 Å². The predicted octanol–water partition coefficient (Wildman–Crippen LogP) is 6.82. The van der Waals surface area contributed by atoms with Gasteiger partial charge >= 0.3 is 0 Å².